The van der Waals surface area contributed by atoms with Crippen molar-refractivity contribution in [2.45, 2.75) is 44.7 Å². The molecular weight excluding hydrogens is 254 g/mol. The van der Waals surface area contributed by atoms with Crippen LogP contribution in [0.4, 0.5) is 0 Å². The molecule has 2 aromatic rings. The van der Waals surface area contributed by atoms with E-state index in [9.17, 15) is 0 Å². The van der Waals surface area contributed by atoms with E-state index in [1.807, 2.05) is 0 Å². The van der Waals surface area contributed by atoms with Crippen molar-refractivity contribution in [1.82, 2.24) is 5.32 Å². The third-order valence-electron chi connectivity index (χ3n) is 4.74. The van der Waals surface area contributed by atoms with Gasteiger partial charge in [0.1, 0.15) is 0 Å². The minimum absolute atomic E-state index is 0.422. The summed E-state index contributed by atoms with van der Waals surface area (Å²) in [5.41, 5.74) is 2.80. The van der Waals surface area contributed by atoms with E-state index in [1.54, 1.807) is 0 Å². The molecule has 3 unspecified atom stereocenters. The maximum Gasteiger partial charge on any atom is 0.0240 e. The molecule has 0 aromatic heterocycles. The Kier molecular flexibility index (Phi) is 4.40. The second-order valence-electron chi connectivity index (χ2n) is 6.26. The van der Waals surface area contributed by atoms with Crippen molar-refractivity contribution in [2.24, 2.45) is 5.92 Å². The summed E-state index contributed by atoms with van der Waals surface area (Å²) in [6.45, 7) is 4.62. The van der Waals surface area contributed by atoms with E-state index in [2.05, 4.69) is 79.8 Å². The number of hydrogen-bond acceptors (Lipinski definition) is 1. The molecule has 0 saturated heterocycles. The van der Waals surface area contributed by atoms with Crippen molar-refractivity contribution in [3.8, 4) is 0 Å². The van der Waals surface area contributed by atoms with Gasteiger partial charge in [-0.05, 0) is 30.4 Å². The highest BCUT2D eigenvalue weighted by Crippen LogP contribution is 2.36. The topological polar surface area (TPSA) is 12.0 Å². The Bertz CT molecular complexity index is 509. The molecule has 0 aliphatic heterocycles. The van der Waals surface area contributed by atoms with Crippen LogP contribution < -0.4 is 5.32 Å². The van der Waals surface area contributed by atoms with Crippen LogP contribution in [0.15, 0.2) is 60.7 Å². The van der Waals surface area contributed by atoms with Crippen LogP contribution in [0.25, 0.3) is 0 Å². The first kappa shape index (κ1) is 14.3. The van der Waals surface area contributed by atoms with E-state index in [-0.39, 0.29) is 0 Å². The Labute approximate surface area is 128 Å². The van der Waals surface area contributed by atoms with Gasteiger partial charge >= 0.3 is 0 Å². The third-order valence-corrected chi connectivity index (χ3v) is 4.74. The summed E-state index contributed by atoms with van der Waals surface area (Å²) >= 11 is 0. The van der Waals surface area contributed by atoms with Gasteiger partial charge in [-0.1, -0.05) is 74.0 Å². The highest BCUT2D eigenvalue weighted by atomic mass is 15.0. The first-order valence-electron chi connectivity index (χ1n) is 8.15. The quantitative estimate of drug-likeness (QED) is 0.815. The lowest BCUT2D eigenvalue weighted by Gasteiger charge is -2.26. The van der Waals surface area contributed by atoms with Gasteiger partial charge in [0.15, 0.2) is 0 Å². The van der Waals surface area contributed by atoms with Crippen LogP contribution in [-0.2, 0) is 0 Å². The van der Waals surface area contributed by atoms with Crippen LogP contribution in [0.2, 0.25) is 0 Å². The molecule has 1 N–H and O–H groups in total. The molecule has 1 nitrogen and oxygen atoms in total. The average molecular weight is 279 g/mol. The zero-order valence-electron chi connectivity index (χ0n) is 13.0. The largest absolute Gasteiger partial charge is 0.310 e. The standard InChI is InChI=1S/C20H25N/c1-3-16-14-19(16)21-15(2)20(17-10-6-4-7-11-17)18-12-8-5-9-13-18/h4-13,15-16,19-21H,3,14H2,1-2H3. The number of benzene rings is 2. The predicted octanol–water partition coefficient (Wildman–Crippen LogP) is 4.60. The Morgan fingerprint density at radius 2 is 1.48 bits per heavy atom. The molecule has 0 spiro atoms. The molecule has 3 rings (SSSR count). The summed E-state index contributed by atoms with van der Waals surface area (Å²) in [7, 11) is 0. The zero-order chi connectivity index (χ0) is 14.7. The van der Waals surface area contributed by atoms with Crippen molar-refractivity contribution in [3.05, 3.63) is 71.8 Å². The molecule has 0 heterocycles. The number of hydrogen-bond donors (Lipinski definition) is 1. The van der Waals surface area contributed by atoms with Gasteiger partial charge in [-0.3, -0.25) is 0 Å². The molecule has 1 saturated carbocycles. The summed E-state index contributed by atoms with van der Waals surface area (Å²) in [6.07, 6.45) is 2.64. The monoisotopic (exact) mass is 279 g/mol. The Morgan fingerprint density at radius 3 is 1.90 bits per heavy atom. The Morgan fingerprint density at radius 1 is 0.952 bits per heavy atom. The van der Waals surface area contributed by atoms with Gasteiger partial charge in [0.05, 0.1) is 0 Å². The van der Waals surface area contributed by atoms with Crippen molar-refractivity contribution < 1.29 is 0 Å². The van der Waals surface area contributed by atoms with Crippen LogP contribution in [0.5, 0.6) is 0 Å². The Balaban J connectivity index is 1.82. The fourth-order valence-corrected chi connectivity index (χ4v) is 3.43. The second-order valence-corrected chi connectivity index (χ2v) is 6.26. The van der Waals surface area contributed by atoms with Gasteiger partial charge in [0.25, 0.3) is 0 Å². The van der Waals surface area contributed by atoms with Gasteiger partial charge < -0.3 is 5.32 Å². The highest BCUT2D eigenvalue weighted by molar-refractivity contribution is 5.34. The number of rotatable bonds is 6. The van der Waals surface area contributed by atoms with E-state index in [4.69, 9.17) is 0 Å². The molecule has 3 atom stereocenters. The predicted molar refractivity (Wildman–Crippen MR) is 89.5 cm³/mol. The fraction of sp³-hybridized carbons (Fsp3) is 0.400. The van der Waals surface area contributed by atoms with Crippen molar-refractivity contribution >= 4 is 0 Å². The first-order chi connectivity index (χ1) is 10.3. The molecule has 0 bridgehead atoms. The van der Waals surface area contributed by atoms with Gasteiger partial charge in [0, 0.05) is 18.0 Å². The minimum Gasteiger partial charge on any atom is -0.310 e. The molecule has 1 aliphatic rings. The maximum atomic E-state index is 3.85. The maximum absolute atomic E-state index is 3.85. The molecule has 1 heteroatoms. The van der Waals surface area contributed by atoms with E-state index in [0.29, 0.717) is 12.0 Å². The molecule has 2 aromatic carbocycles. The van der Waals surface area contributed by atoms with Crippen molar-refractivity contribution in [2.75, 3.05) is 0 Å². The van der Waals surface area contributed by atoms with Crippen LogP contribution >= 0.6 is 0 Å². The van der Waals surface area contributed by atoms with Crippen molar-refractivity contribution in [1.29, 1.82) is 0 Å². The molecule has 1 fully saturated rings. The smallest absolute Gasteiger partial charge is 0.0240 e. The molecule has 1 aliphatic carbocycles. The highest BCUT2D eigenvalue weighted by Gasteiger charge is 2.37. The average Bonchev–Trinajstić information content (AvgIpc) is 3.28. The molecule has 0 radical (unpaired) electrons. The van der Waals surface area contributed by atoms with Crippen LogP contribution in [0.1, 0.15) is 43.7 Å². The molecule has 21 heavy (non-hydrogen) atoms. The normalized spacial score (nSPS) is 22.2. The van der Waals surface area contributed by atoms with E-state index < -0.39 is 0 Å². The van der Waals surface area contributed by atoms with Crippen LogP contribution in [0.3, 0.4) is 0 Å². The van der Waals surface area contributed by atoms with E-state index >= 15 is 0 Å². The van der Waals surface area contributed by atoms with Gasteiger partial charge in [0.2, 0.25) is 0 Å². The SMILES string of the molecule is CCC1CC1NC(C)C(c1ccccc1)c1ccccc1. The van der Waals surface area contributed by atoms with Crippen LogP contribution in [-0.4, -0.2) is 12.1 Å². The van der Waals surface area contributed by atoms with Gasteiger partial charge in [-0.15, -0.1) is 0 Å². The summed E-state index contributed by atoms with van der Waals surface area (Å²) in [6, 6.07) is 22.9. The molecular formula is C20H25N. The minimum atomic E-state index is 0.422. The van der Waals surface area contributed by atoms with E-state index in [0.717, 1.165) is 12.0 Å². The summed E-state index contributed by atoms with van der Waals surface area (Å²) in [5, 5.41) is 3.85. The second kappa shape index (κ2) is 6.44. The van der Waals surface area contributed by atoms with Crippen molar-refractivity contribution in [3.63, 3.8) is 0 Å². The summed E-state index contributed by atoms with van der Waals surface area (Å²) in [4.78, 5) is 0. The lowest BCUT2D eigenvalue weighted by molar-refractivity contribution is 0.478. The lowest BCUT2D eigenvalue weighted by atomic mass is 9.86. The zero-order valence-corrected chi connectivity index (χ0v) is 13.0. The fourth-order valence-electron chi connectivity index (χ4n) is 3.43. The van der Waals surface area contributed by atoms with Gasteiger partial charge in [-0.25, -0.2) is 0 Å². The molecule has 110 valence electrons. The number of nitrogens with one attached hydrogen (secondary N) is 1. The van der Waals surface area contributed by atoms with Crippen LogP contribution in [0, 0.1) is 5.92 Å². The summed E-state index contributed by atoms with van der Waals surface area (Å²) in [5.74, 6) is 1.31. The van der Waals surface area contributed by atoms with E-state index in [1.165, 1.54) is 24.0 Å². The lowest BCUT2D eigenvalue weighted by Crippen LogP contribution is -2.35. The summed E-state index contributed by atoms with van der Waals surface area (Å²) < 4.78 is 0. The van der Waals surface area contributed by atoms with Gasteiger partial charge in [-0.2, -0.15) is 0 Å². The first-order valence-corrected chi connectivity index (χ1v) is 8.15. The third kappa shape index (κ3) is 3.36. The molecule has 0 amide bonds. The Hall–Kier alpha value is -1.60.